The van der Waals surface area contributed by atoms with E-state index in [0.717, 1.165) is 93.1 Å². The molecule has 14 aromatic rings. The lowest BCUT2D eigenvalue weighted by Crippen LogP contribution is -2.01. The molecular formula is C59H34N4O. The quantitative estimate of drug-likeness (QED) is 0.166. The van der Waals surface area contributed by atoms with E-state index in [1.165, 1.54) is 26.9 Å². The summed E-state index contributed by atoms with van der Waals surface area (Å²) < 4.78 is 9.55. The van der Waals surface area contributed by atoms with E-state index in [1.54, 1.807) is 0 Å². The molecule has 14 rings (SSSR count). The van der Waals surface area contributed by atoms with Gasteiger partial charge in [-0.05, 0) is 84.9 Å². The highest BCUT2D eigenvalue weighted by Crippen LogP contribution is 2.44. The van der Waals surface area contributed by atoms with Crippen molar-refractivity contribution in [3.05, 3.63) is 206 Å². The fourth-order valence-electron chi connectivity index (χ4n) is 10.2. The Morgan fingerprint density at radius 1 is 0.328 bits per heavy atom. The molecule has 0 N–H and O–H groups in total. The summed E-state index contributed by atoms with van der Waals surface area (Å²) in [5.41, 5.74) is 7.57. The molecule has 296 valence electrons. The second-order valence-electron chi connectivity index (χ2n) is 16.7. The maximum absolute atomic E-state index is 7.14. The molecule has 11 aromatic carbocycles. The average molecular weight is 815 g/mol. The van der Waals surface area contributed by atoms with E-state index >= 15 is 0 Å². The Hall–Kier alpha value is -8.67. The first-order valence-electron chi connectivity index (χ1n) is 21.7. The van der Waals surface area contributed by atoms with Gasteiger partial charge in [0.2, 0.25) is 0 Å². The summed E-state index contributed by atoms with van der Waals surface area (Å²) in [4.78, 5) is 15.9. The molecule has 0 amide bonds. The van der Waals surface area contributed by atoms with Crippen LogP contribution in [0.1, 0.15) is 0 Å². The molecule has 3 heterocycles. The molecule has 64 heavy (non-hydrogen) atoms. The molecule has 3 aromatic heterocycles. The van der Waals surface area contributed by atoms with E-state index in [2.05, 4.69) is 211 Å². The molecule has 0 atom stereocenters. The van der Waals surface area contributed by atoms with Gasteiger partial charge in [-0.15, -0.1) is 0 Å². The molecule has 0 radical (unpaired) electrons. The van der Waals surface area contributed by atoms with Crippen molar-refractivity contribution in [2.45, 2.75) is 0 Å². The lowest BCUT2D eigenvalue weighted by molar-refractivity contribution is 0.669. The number of nitrogens with zero attached hydrogens (tertiary/aromatic N) is 4. The molecule has 0 aliphatic rings. The van der Waals surface area contributed by atoms with Gasteiger partial charge in [-0.3, -0.25) is 0 Å². The van der Waals surface area contributed by atoms with Gasteiger partial charge in [0.25, 0.3) is 0 Å². The topological polar surface area (TPSA) is 56.7 Å². The fraction of sp³-hybridized carbons (Fsp3) is 0. The summed E-state index contributed by atoms with van der Waals surface area (Å²) in [6.45, 7) is 0. The number of benzene rings is 11. The number of para-hydroxylation sites is 2. The number of fused-ring (bicyclic) bond motifs is 13. The lowest BCUT2D eigenvalue weighted by Gasteiger charge is -2.13. The van der Waals surface area contributed by atoms with Crippen LogP contribution in [0.5, 0.6) is 0 Å². The minimum absolute atomic E-state index is 0.550. The Morgan fingerprint density at radius 2 is 0.922 bits per heavy atom. The van der Waals surface area contributed by atoms with Crippen molar-refractivity contribution in [1.82, 2.24) is 19.5 Å². The van der Waals surface area contributed by atoms with Crippen molar-refractivity contribution in [3.63, 3.8) is 0 Å². The molecule has 0 spiro atoms. The van der Waals surface area contributed by atoms with Crippen LogP contribution in [-0.4, -0.2) is 19.5 Å². The van der Waals surface area contributed by atoms with Crippen molar-refractivity contribution in [1.29, 1.82) is 0 Å². The Labute approximate surface area is 366 Å². The third-order valence-corrected chi connectivity index (χ3v) is 13.2. The van der Waals surface area contributed by atoms with Gasteiger partial charge in [-0.1, -0.05) is 164 Å². The van der Waals surface area contributed by atoms with E-state index in [1.807, 2.05) is 0 Å². The maximum atomic E-state index is 7.14. The van der Waals surface area contributed by atoms with Gasteiger partial charge in [-0.25, -0.2) is 15.0 Å². The van der Waals surface area contributed by atoms with Crippen LogP contribution in [0.3, 0.4) is 0 Å². The fourth-order valence-corrected chi connectivity index (χ4v) is 10.2. The standard InChI is InChI=1S/C59H34N4O/c1-2-15-36-30-40(29-28-35(36)14-1)57-60-58(62-59(61-57)50-32-39-18-5-6-19-41(39)42-20-7-8-21-43(42)50)48-26-13-25-47-55-46-24-10-9-22-44(46)53(34-54(55)64-56(47)48)63-51-27-12-11-23-45(51)49-31-37-16-3-4-17-38(37)33-52(49)63/h1-34H. The van der Waals surface area contributed by atoms with Crippen molar-refractivity contribution in [3.8, 4) is 39.9 Å². The molecule has 0 unspecified atom stereocenters. The number of hydrogen-bond donors (Lipinski definition) is 0. The van der Waals surface area contributed by atoms with E-state index in [0.29, 0.717) is 17.5 Å². The zero-order valence-corrected chi connectivity index (χ0v) is 34.3. The first kappa shape index (κ1) is 35.0. The highest BCUT2D eigenvalue weighted by molar-refractivity contribution is 6.23. The first-order valence-corrected chi connectivity index (χ1v) is 21.7. The van der Waals surface area contributed by atoms with Crippen LogP contribution in [0.25, 0.3) is 137 Å². The SMILES string of the molecule is c1ccc2cc(-c3nc(-c4cc5ccccc5c5ccccc45)nc(-c4cccc5c4oc4cc(-n6c7ccccc7c7cc8ccccc8cc76)c6ccccc6c45)n3)ccc2c1. The Bertz CT molecular complexity index is 4270. The second kappa shape index (κ2) is 13.4. The Balaban J connectivity index is 1.04. The zero-order valence-electron chi connectivity index (χ0n) is 34.3. The Kier molecular flexibility index (Phi) is 7.33. The van der Waals surface area contributed by atoms with E-state index in [4.69, 9.17) is 19.4 Å². The predicted octanol–water partition coefficient (Wildman–Crippen LogP) is 15.6. The summed E-state index contributed by atoms with van der Waals surface area (Å²) in [7, 11) is 0. The Morgan fingerprint density at radius 3 is 1.73 bits per heavy atom. The van der Waals surface area contributed by atoms with Crippen molar-refractivity contribution in [2.24, 2.45) is 0 Å². The molecule has 0 saturated heterocycles. The van der Waals surface area contributed by atoms with Crippen LogP contribution >= 0.6 is 0 Å². The van der Waals surface area contributed by atoms with Crippen LogP contribution in [0.2, 0.25) is 0 Å². The average Bonchev–Trinajstić information content (AvgIpc) is 3.90. The highest BCUT2D eigenvalue weighted by Gasteiger charge is 2.23. The van der Waals surface area contributed by atoms with Gasteiger partial charge in [0.15, 0.2) is 17.5 Å². The highest BCUT2D eigenvalue weighted by atomic mass is 16.3. The predicted molar refractivity (Wildman–Crippen MR) is 265 cm³/mol. The van der Waals surface area contributed by atoms with E-state index < -0.39 is 0 Å². The second-order valence-corrected chi connectivity index (χ2v) is 16.7. The number of aromatic nitrogens is 4. The summed E-state index contributed by atoms with van der Waals surface area (Å²) in [6, 6.07) is 73.3. The van der Waals surface area contributed by atoms with Crippen LogP contribution in [0, 0.1) is 0 Å². The molecular weight excluding hydrogens is 781 g/mol. The van der Waals surface area contributed by atoms with Crippen molar-refractivity contribution in [2.75, 3.05) is 0 Å². The smallest absolute Gasteiger partial charge is 0.167 e. The normalized spacial score (nSPS) is 12.1. The zero-order chi connectivity index (χ0) is 41.9. The van der Waals surface area contributed by atoms with Gasteiger partial charge in [0.1, 0.15) is 11.2 Å². The third-order valence-electron chi connectivity index (χ3n) is 13.2. The molecule has 0 bridgehead atoms. The van der Waals surface area contributed by atoms with Crippen molar-refractivity contribution >= 4 is 97.6 Å². The summed E-state index contributed by atoms with van der Waals surface area (Å²) in [5, 5.41) is 16.0. The summed E-state index contributed by atoms with van der Waals surface area (Å²) in [6.07, 6.45) is 0. The molecule has 0 fully saturated rings. The van der Waals surface area contributed by atoms with Crippen LogP contribution < -0.4 is 0 Å². The summed E-state index contributed by atoms with van der Waals surface area (Å²) in [5.74, 6) is 1.76. The van der Waals surface area contributed by atoms with E-state index in [9.17, 15) is 0 Å². The van der Waals surface area contributed by atoms with Crippen LogP contribution in [-0.2, 0) is 0 Å². The summed E-state index contributed by atoms with van der Waals surface area (Å²) >= 11 is 0. The van der Waals surface area contributed by atoms with Gasteiger partial charge < -0.3 is 8.98 Å². The molecule has 5 heteroatoms. The number of hydrogen-bond acceptors (Lipinski definition) is 4. The van der Waals surface area contributed by atoms with Gasteiger partial charge in [0.05, 0.1) is 22.3 Å². The van der Waals surface area contributed by atoms with Crippen molar-refractivity contribution < 1.29 is 4.42 Å². The lowest BCUT2D eigenvalue weighted by atomic mass is 9.96. The van der Waals surface area contributed by atoms with Gasteiger partial charge in [-0.2, -0.15) is 0 Å². The first-order chi connectivity index (χ1) is 31.7. The molecule has 0 saturated carbocycles. The monoisotopic (exact) mass is 814 g/mol. The van der Waals surface area contributed by atoms with Gasteiger partial charge in [0, 0.05) is 44.1 Å². The minimum atomic E-state index is 0.550. The van der Waals surface area contributed by atoms with Crippen LogP contribution in [0.4, 0.5) is 0 Å². The largest absolute Gasteiger partial charge is 0.455 e. The maximum Gasteiger partial charge on any atom is 0.167 e. The molecule has 0 aliphatic heterocycles. The minimum Gasteiger partial charge on any atom is -0.455 e. The van der Waals surface area contributed by atoms with Crippen LogP contribution in [0.15, 0.2) is 211 Å². The molecule has 5 nitrogen and oxygen atoms in total. The van der Waals surface area contributed by atoms with Gasteiger partial charge >= 0.3 is 0 Å². The molecule has 0 aliphatic carbocycles. The number of rotatable bonds is 4. The number of furan rings is 1. The third kappa shape index (κ3) is 5.15. The van der Waals surface area contributed by atoms with E-state index in [-0.39, 0.29) is 0 Å².